The van der Waals surface area contributed by atoms with Crippen molar-refractivity contribution in [2.75, 3.05) is 18.0 Å². The quantitative estimate of drug-likeness (QED) is 0.573. The number of aliphatic hydroxyl groups is 1. The average molecular weight is 456 g/mol. The minimum absolute atomic E-state index is 0.0862. The van der Waals surface area contributed by atoms with Crippen molar-refractivity contribution < 1.29 is 23.1 Å². The lowest BCUT2D eigenvalue weighted by molar-refractivity contribution is 0.0784. The van der Waals surface area contributed by atoms with E-state index in [1.807, 2.05) is 11.8 Å². The minimum atomic E-state index is -0.886. The molecule has 0 spiro atoms. The van der Waals surface area contributed by atoms with E-state index < -0.39 is 46.6 Å². The largest absolute Gasteiger partial charge is 0.391 e. The average Bonchev–Trinajstić information content (AvgIpc) is 2.78. The van der Waals surface area contributed by atoms with Gasteiger partial charge in [-0.3, -0.25) is 9.78 Å². The van der Waals surface area contributed by atoms with Crippen LogP contribution in [0.3, 0.4) is 0 Å². The van der Waals surface area contributed by atoms with Gasteiger partial charge in [0.15, 0.2) is 11.6 Å². The van der Waals surface area contributed by atoms with E-state index in [1.165, 1.54) is 12.3 Å². The number of aliphatic hydroxyl groups excluding tert-OH is 1. The molecule has 0 radical (unpaired) electrons. The van der Waals surface area contributed by atoms with Crippen LogP contribution in [0.15, 0.2) is 48.8 Å². The molecule has 2 aromatic heterocycles. The molecule has 9 heteroatoms. The van der Waals surface area contributed by atoms with Crippen molar-refractivity contribution in [3.8, 4) is 11.3 Å². The van der Waals surface area contributed by atoms with Crippen molar-refractivity contribution in [2.45, 2.75) is 25.5 Å². The number of nitrogens with zero attached hydrogens (tertiary/aromatic N) is 3. The number of rotatable bonds is 5. The van der Waals surface area contributed by atoms with Crippen LogP contribution in [0.1, 0.15) is 23.0 Å². The van der Waals surface area contributed by atoms with Crippen LogP contribution in [0, 0.1) is 23.4 Å². The van der Waals surface area contributed by atoms with Crippen molar-refractivity contribution >= 4 is 11.5 Å². The molecule has 0 aliphatic carbocycles. The van der Waals surface area contributed by atoms with E-state index in [1.54, 1.807) is 12.3 Å². The predicted molar refractivity (Wildman–Crippen MR) is 117 cm³/mol. The first-order valence-electron chi connectivity index (χ1n) is 10.5. The molecule has 3 atom stereocenters. The third kappa shape index (κ3) is 4.60. The zero-order valence-corrected chi connectivity index (χ0v) is 17.9. The van der Waals surface area contributed by atoms with E-state index in [0.29, 0.717) is 24.3 Å². The molecule has 1 aliphatic heterocycles. The number of carbonyl (C=O) groups excluding carboxylic acids is 1. The summed E-state index contributed by atoms with van der Waals surface area (Å²) < 4.78 is 42.8. The second kappa shape index (κ2) is 9.29. The highest BCUT2D eigenvalue weighted by Crippen LogP contribution is 2.28. The van der Waals surface area contributed by atoms with Crippen LogP contribution in [-0.4, -0.2) is 46.1 Å². The maximum absolute atomic E-state index is 14.5. The van der Waals surface area contributed by atoms with E-state index in [-0.39, 0.29) is 18.0 Å². The van der Waals surface area contributed by atoms with E-state index >= 15 is 0 Å². The summed E-state index contributed by atoms with van der Waals surface area (Å²) >= 11 is 0. The number of halogens is 3. The number of hydrogen-bond acceptors (Lipinski definition) is 6. The van der Waals surface area contributed by atoms with Crippen LogP contribution in [0.2, 0.25) is 0 Å². The normalized spacial score (nSPS) is 20.7. The smallest absolute Gasteiger partial charge is 0.188 e. The molecular formula is C24H23F3N4O2. The zero-order valence-electron chi connectivity index (χ0n) is 17.9. The van der Waals surface area contributed by atoms with Gasteiger partial charge in [-0.15, -0.1) is 0 Å². The summed E-state index contributed by atoms with van der Waals surface area (Å²) in [6.45, 7) is 2.79. The maximum Gasteiger partial charge on any atom is 0.188 e. The molecule has 6 nitrogen and oxygen atoms in total. The molecule has 3 heterocycles. The summed E-state index contributed by atoms with van der Waals surface area (Å²) in [5.74, 6) is -3.35. The fourth-order valence-corrected chi connectivity index (χ4v) is 4.15. The Bertz CT molecular complexity index is 1160. The van der Waals surface area contributed by atoms with Gasteiger partial charge in [0.05, 0.1) is 17.4 Å². The number of Topliss-reactive ketones (excluding diaryl/α,β-unsaturated/α-hetero) is 1. The molecule has 172 valence electrons. The number of anilines is 1. The van der Waals surface area contributed by atoms with Crippen LogP contribution >= 0.6 is 0 Å². The topological polar surface area (TPSA) is 92.3 Å². The lowest BCUT2D eigenvalue weighted by Crippen LogP contribution is -2.55. The summed E-state index contributed by atoms with van der Waals surface area (Å²) in [6, 6.07) is 6.71. The fourth-order valence-electron chi connectivity index (χ4n) is 4.15. The minimum Gasteiger partial charge on any atom is -0.391 e. The lowest BCUT2D eigenvalue weighted by Gasteiger charge is -2.40. The molecule has 33 heavy (non-hydrogen) atoms. The van der Waals surface area contributed by atoms with Crippen molar-refractivity contribution in [3.05, 3.63) is 77.5 Å². The summed E-state index contributed by atoms with van der Waals surface area (Å²) in [5.41, 5.74) is 6.18. The third-order valence-corrected chi connectivity index (χ3v) is 5.86. The Labute approximate surface area is 188 Å². The van der Waals surface area contributed by atoms with Gasteiger partial charge in [-0.05, 0) is 30.3 Å². The van der Waals surface area contributed by atoms with Gasteiger partial charge in [0.1, 0.15) is 17.3 Å². The summed E-state index contributed by atoms with van der Waals surface area (Å²) in [5, 5.41) is 10.1. The lowest BCUT2D eigenvalue weighted by atomic mass is 9.92. The first kappa shape index (κ1) is 22.9. The number of ketones is 1. The first-order chi connectivity index (χ1) is 15.8. The van der Waals surface area contributed by atoms with Crippen LogP contribution < -0.4 is 10.6 Å². The third-order valence-electron chi connectivity index (χ3n) is 5.86. The molecule has 0 amide bonds. The Morgan fingerprint density at radius 1 is 1.12 bits per heavy atom. The van der Waals surface area contributed by atoms with Gasteiger partial charge in [-0.25, -0.2) is 18.2 Å². The van der Waals surface area contributed by atoms with Crippen molar-refractivity contribution in [1.29, 1.82) is 0 Å². The van der Waals surface area contributed by atoms with Gasteiger partial charge in [0.2, 0.25) is 0 Å². The van der Waals surface area contributed by atoms with Gasteiger partial charge >= 0.3 is 0 Å². The second-order valence-electron chi connectivity index (χ2n) is 8.26. The molecule has 1 aromatic carbocycles. The molecular weight excluding hydrogens is 433 g/mol. The molecule has 0 bridgehead atoms. The van der Waals surface area contributed by atoms with Crippen molar-refractivity contribution in [3.63, 3.8) is 0 Å². The van der Waals surface area contributed by atoms with Gasteiger partial charge in [0.25, 0.3) is 0 Å². The molecule has 0 saturated carbocycles. The number of hydrogen-bond donors (Lipinski definition) is 2. The van der Waals surface area contributed by atoms with E-state index in [9.17, 15) is 23.1 Å². The molecule has 1 saturated heterocycles. The Hall–Kier alpha value is -3.30. The maximum atomic E-state index is 14.5. The summed E-state index contributed by atoms with van der Waals surface area (Å²) in [7, 11) is 0. The Kier molecular flexibility index (Phi) is 6.44. The zero-order chi connectivity index (χ0) is 23.7. The van der Waals surface area contributed by atoms with Gasteiger partial charge in [-0.2, -0.15) is 0 Å². The van der Waals surface area contributed by atoms with Gasteiger partial charge < -0.3 is 15.7 Å². The molecule has 0 unspecified atom stereocenters. The predicted octanol–water partition coefficient (Wildman–Crippen LogP) is 3.13. The molecule has 3 aromatic rings. The SMILES string of the molecule is C[C@H]1CN(c2ccncc2CC(=O)c2nc(-c3c(F)cccc3F)ccc2F)C[C@@H](N)[C@@H]1O. The standard InChI is InChI=1S/C24H23F3N4O2/c1-13-11-31(12-18(28)24(13)33)20-7-8-29-10-14(20)9-21(32)23-17(27)5-6-19(30-23)22-15(25)3-2-4-16(22)26/h2-8,10,13,18,24,33H,9,11-12,28H2,1H3/t13-,18+,24+/m0/s1. The van der Waals surface area contributed by atoms with Crippen LogP contribution in [0.5, 0.6) is 0 Å². The Morgan fingerprint density at radius 3 is 2.55 bits per heavy atom. The molecule has 4 rings (SSSR count). The summed E-state index contributed by atoms with van der Waals surface area (Å²) in [6.07, 6.45) is 2.23. The number of carbonyl (C=O) groups is 1. The number of aromatic nitrogens is 2. The van der Waals surface area contributed by atoms with E-state index in [0.717, 1.165) is 24.3 Å². The molecule has 1 aliphatic rings. The van der Waals surface area contributed by atoms with Gasteiger partial charge in [0, 0.05) is 55.1 Å². The van der Waals surface area contributed by atoms with E-state index in [2.05, 4.69) is 9.97 Å². The van der Waals surface area contributed by atoms with Crippen molar-refractivity contribution in [1.82, 2.24) is 9.97 Å². The molecule has 3 N–H and O–H groups in total. The van der Waals surface area contributed by atoms with Gasteiger partial charge in [-0.1, -0.05) is 13.0 Å². The second-order valence-corrected chi connectivity index (χ2v) is 8.26. The Balaban J connectivity index is 1.64. The highest BCUT2D eigenvalue weighted by Gasteiger charge is 2.32. The number of pyridine rings is 2. The van der Waals surface area contributed by atoms with E-state index in [4.69, 9.17) is 5.73 Å². The van der Waals surface area contributed by atoms with Crippen molar-refractivity contribution in [2.24, 2.45) is 11.7 Å². The number of benzene rings is 1. The van der Waals surface area contributed by atoms with Crippen LogP contribution in [-0.2, 0) is 6.42 Å². The monoisotopic (exact) mass is 456 g/mol. The first-order valence-corrected chi connectivity index (χ1v) is 10.5. The van der Waals surface area contributed by atoms with Crippen LogP contribution in [0.25, 0.3) is 11.3 Å². The Morgan fingerprint density at radius 2 is 1.85 bits per heavy atom. The fraction of sp³-hybridized carbons (Fsp3) is 0.292. The highest BCUT2D eigenvalue weighted by molar-refractivity contribution is 5.97. The summed E-state index contributed by atoms with van der Waals surface area (Å²) in [4.78, 5) is 23.0. The number of nitrogens with two attached hydrogens (primary N) is 1. The number of piperidine rings is 1. The highest BCUT2D eigenvalue weighted by atomic mass is 19.1. The molecule has 1 fully saturated rings. The van der Waals surface area contributed by atoms with Crippen LogP contribution in [0.4, 0.5) is 18.9 Å².